The van der Waals surface area contributed by atoms with Gasteiger partial charge in [-0.2, -0.15) is 5.48 Å². The summed E-state index contributed by atoms with van der Waals surface area (Å²) in [4.78, 5) is 5.55. The van der Waals surface area contributed by atoms with Crippen molar-refractivity contribution in [2.24, 2.45) is 5.92 Å². The molecule has 0 bridgehead atoms. The van der Waals surface area contributed by atoms with E-state index in [0.29, 0.717) is 5.92 Å². The van der Waals surface area contributed by atoms with Gasteiger partial charge in [-0.25, -0.2) is 0 Å². The van der Waals surface area contributed by atoms with Gasteiger partial charge in [-0.3, -0.25) is 0 Å². The second kappa shape index (κ2) is 5.16. The largest absolute Gasteiger partial charge is 0.301 e. The molecule has 2 aromatic carbocycles. The Morgan fingerprint density at radius 3 is 2.37 bits per heavy atom. The molecule has 0 saturated carbocycles. The molecule has 1 heterocycles. The summed E-state index contributed by atoms with van der Waals surface area (Å²) in [6.45, 7) is 2.98. The van der Waals surface area contributed by atoms with Gasteiger partial charge in [0.15, 0.2) is 0 Å². The molecule has 2 aromatic rings. The molecule has 2 heteroatoms. The first-order valence-corrected chi connectivity index (χ1v) is 6.77. The minimum atomic E-state index is -0.114. The summed E-state index contributed by atoms with van der Waals surface area (Å²) in [7, 11) is 0. The summed E-state index contributed by atoms with van der Waals surface area (Å²) in [5, 5.41) is 0. The minimum absolute atomic E-state index is 0.114. The molecule has 0 radical (unpaired) electrons. The lowest BCUT2D eigenvalue weighted by molar-refractivity contribution is 0.0654. The molecule has 1 saturated heterocycles. The third-order valence-corrected chi connectivity index (χ3v) is 4.08. The zero-order valence-electron chi connectivity index (χ0n) is 11.2. The Balaban J connectivity index is 1.85. The van der Waals surface area contributed by atoms with E-state index in [-0.39, 0.29) is 5.54 Å². The van der Waals surface area contributed by atoms with E-state index in [0.717, 1.165) is 13.0 Å². The van der Waals surface area contributed by atoms with Crippen LogP contribution in [0.2, 0.25) is 0 Å². The Labute approximate surface area is 114 Å². The average Bonchev–Trinajstić information content (AvgIpc) is 2.84. The molecule has 1 fully saturated rings. The van der Waals surface area contributed by atoms with Crippen LogP contribution in [0.3, 0.4) is 0 Å². The number of hydrogen-bond donors (Lipinski definition) is 1. The van der Waals surface area contributed by atoms with Gasteiger partial charge in [0.2, 0.25) is 0 Å². The fourth-order valence-corrected chi connectivity index (χ4v) is 2.78. The molecule has 2 atom stereocenters. The standard InChI is InChI=1S/C17H19NO/c1-17(15-10-6-3-7-11-15)16(13-19-18-17)12-14-8-4-2-5-9-14/h2-11,16,18H,12-13H2,1H3/t16-,17+/m0/s1. The lowest BCUT2D eigenvalue weighted by atomic mass is 9.78. The molecule has 0 aromatic heterocycles. The molecule has 0 aliphatic carbocycles. The van der Waals surface area contributed by atoms with Crippen LogP contribution in [-0.4, -0.2) is 6.61 Å². The van der Waals surface area contributed by atoms with Crippen molar-refractivity contribution in [2.45, 2.75) is 18.9 Å². The van der Waals surface area contributed by atoms with Crippen molar-refractivity contribution in [1.82, 2.24) is 5.48 Å². The SMILES string of the molecule is C[C@]1(c2ccccc2)NOC[C@@H]1Cc1ccccc1. The van der Waals surface area contributed by atoms with Crippen molar-refractivity contribution >= 4 is 0 Å². The predicted octanol–water partition coefficient (Wildman–Crippen LogP) is 3.30. The molecule has 1 aliphatic heterocycles. The van der Waals surface area contributed by atoms with Crippen molar-refractivity contribution in [3.63, 3.8) is 0 Å². The summed E-state index contributed by atoms with van der Waals surface area (Å²) in [6, 6.07) is 21.2. The molecule has 98 valence electrons. The van der Waals surface area contributed by atoms with Gasteiger partial charge < -0.3 is 4.84 Å². The highest BCUT2D eigenvalue weighted by Gasteiger charge is 2.41. The maximum absolute atomic E-state index is 5.55. The van der Waals surface area contributed by atoms with Crippen LogP contribution in [0.15, 0.2) is 60.7 Å². The second-order valence-corrected chi connectivity index (χ2v) is 5.37. The Morgan fingerprint density at radius 2 is 1.68 bits per heavy atom. The Bertz CT molecular complexity index is 525. The molecule has 2 nitrogen and oxygen atoms in total. The van der Waals surface area contributed by atoms with Gasteiger partial charge in [0, 0.05) is 5.92 Å². The van der Waals surface area contributed by atoms with Crippen molar-refractivity contribution < 1.29 is 4.84 Å². The number of hydroxylamine groups is 1. The van der Waals surface area contributed by atoms with Crippen LogP contribution in [0.5, 0.6) is 0 Å². The van der Waals surface area contributed by atoms with E-state index in [9.17, 15) is 0 Å². The zero-order valence-corrected chi connectivity index (χ0v) is 11.2. The number of benzene rings is 2. The molecule has 19 heavy (non-hydrogen) atoms. The predicted molar refractivity (Wildman–Crippen MR) is 76.5 cm³/mol. The van der Waals surface area contributed by atoms with Crippen LogP contribution in [0.1, 0.15) is 18.1 Å². The zero-order chi connectivity index (χ0) is 13.1. The van der Waals surface area contributed by atoms with Crippen molar-refractivity contribution in [3.05, 3.63) is 71.8 Å². The fourth-order valence-electron chi connectivity index (χ4n) is 2.78. The first kappa shape index (κ1) is 12.4. The van der Waals surface area contributed by atoms with Crippen LogP contribution in [0.25, 0.3) is 0 Å². The van der Waals surface area contributed by atoms with E-state index in [1.807, 2.05) is 0 Å². The van der Waals surface area contributed by atoms with E-state index in [1.54, 1.807) is 0 Å². The molecule has 1 N–H and O–H groups in total. The van der Waals surface area contributed by atoms with E-state index in [4.69, 9.17) is 4.84 Å². The number of nitrogens with one attached hydrogen (secondary N) is 1. The van der Waals surface area contributed by atoms with E-state index < -0.39 is 0 Å². The van der Waals surface area contributed by atoms with Crippen LogP contribution in [-0.2, 0) is 16.8 Å². The van der Waals surface area contributed by atoms with Crippen LogP contribution in [0.4, 0.5) is 0 Å². The summed E-state index contributed by atoms with van der Waals surface area (Å²) < 4.78 is 0. The van der Waals surface area contributed by atoms with Gasteiger partial charge in [-0.1, -0.05) is 60.7 Å². The normalized spacial score (nSPS) is 26.5. The van der Waals surface area contributed by atoms with Gasteiger partial charge in [-0.15, -0.1) is 0 Å². The number of hydrogen-bond acceptors (Lipinski definition) is 2. The molecule has 1 aliphatic rings. The van der Waals surface area contributed by atoms with Crippen molar-refractivity contribution in [3.8, 4) is 0 Å². The molecule has 3 rings (SSSR count). The van der Waals surface area contributed by atoms with Crippen LogP contribution >= 0.6 is 0 Å². The maximum Gasteiger partial charge on any atom is 0.0735 e. The van der Waals surface area contributed by atoms with Crippen LogP contribution < -0.4 is 5.48 Å². The van der Waals surface area contributed by atoms with Gasteiger partial charge in [0.05, 0.1) is 12.1 Å². The first-order chi connectivity index (χ1) is 9.29. The highest BCUT2D eigenvalue weighted by molar-refractivity contribution is 5.27. The molecular formula is C17H19NO. The maximum atomic E-state index is 5.55. The molecule has 0 unspecified atom stereocenters. The molecule has 0 amide bonds. The smallest absolute Gasteiger partial charge is 0.0735 e. The highest BCUT2D eigenvalue weighted by atomic mass is 16.7. The molecule has 0 spiro atoms. The van der Waals surface area contributed by atoms with Gasteiger partial charge in [-0.05, 0) is 24.5 Å². The van der Waals surface area contributed by atoms with E-state index in [1.165, 1.54) is 11.1 Å². The lowest BCUT2D eigenvalue weighted by Crippen LogP contribution is -2.39. The summed E-state index contributed by atoms with van der Waals surface area (Å²) in [5.41, 5.74) is 5.75. The van der Waals surface area contributed by atoms with Crippen LogP contribution in [0, 0.1) is 5.92 Å². The third kappa shape index (κ3) is 2.42. The topological polar surface area (TPSA) is 21.3 Å². The summed E-state index contributed by atoms with van der Waals surface area (Å²) >= 11 is 0. The highest BCUT2D eigenvalue weighted by Crippen LogP contribution is 2.35. The van der Waals surface area contributed by atoms with Crippen molar-refractivity contribution in [1.29, 1.82) is 0 Å². The van der Waals surface area contributed by atoms with Gasteiger partial charge in [0.1, 0.15) is 0 Å². The summed E-state index contributed by atoms with van der Waals surface area (Å²) in [5.74, 6) is 0.442. The van der Waals surface area contributed by atoms with E-state index in [2.05, 4.69) is 73.1 Å². The lowest BCUT2D eigenvalue weighted by Gasteiger charge is -2.30. The van der Waals surface area contributed by atoms with E-state index >= 15 is 0 Å². The Kier molecular flexibility index (Phi) is 3.36. The third-order valence-electron chi connectivity index (χ3n) is 4.08. The van der Waals surface area contributed by atoms with Gasteiger partial charge in [0.25, 0.3) is 0 Å². The Morgan fingerprint density at radius 1 is 1.05 bits per heavy atom. The minimum Gasteiger partial charge on any atom is -0.301 e. The van der Waals surface area contributed by atoms with Gasteiger partial charge >= 0.3 is 0 Å². The molecular weight excluding hydrogens is 234 g/mol. The first-order valence-electron chi connectivity index (χ1n) is 6.77. The fraction of sp³-hybridized carbons (Fsp3) is 0.294. The monoisotopic (exact) mass is 253 g/mol. The number of rotatable bonds is 3. The average molecular weight is 253 g/mol. The quantitative estimate of drug-likeness (QED) is 0.906. The second-order valence-electron chi connectivity index (χ2n) is 5.37. The Hall–Kier alpha value is -1.64. The summed E-state index contributed by atoms with van der Waals surface area (Å²) in [6.07, 6.45) is 1.03. The van der Waals surface area contributed by atoms with Crippen molar-refractivity contribution in [2.75, 3.05) is 6.61 Å².